The van der Waals surface area contributed by atoms with Gasteiger partial charge in [-0.3, -0.25) is 0 Å². The van der Waals surface area contributed by atoms with Crippen molar-refractivity contribution in [1.82, 2.24) is 4.90 Å². The van der Waals surface area contributed by atoms with Gasteiger partial charge in [-0.25, -0.2) is 0 Å². The lowest BCUT2D eigenvalue weighted by Crippen LogP contribution is -2.61. The molecule has 2 nitrogen and oxygen atoms in total. The minimum absolute atomic E-state index is 0.545. The summed E-state index contributed by atoms with van der Waals surface area (Å²) in [6.07, 6.45) is 2.69. The summed E-state index contributed by atoms with van der Waals surface area (Å²) in [6.45, 7) is 6.07. The quantitative estimate of drug-likeness (QED) is 0.633. The fourth-order valence-electron chi connectivity index (χ4n) is 2.52. The molecule has 2 atom stereocenters. The number of hydrogen-bond donors (Lipinski definition) is 1. The second-order valence-corrected chi connectivity index (χ2v) is 4.09. The van der Waals surface area contributed by atoms with Gasteiger partial charge in [0.25, 0.3) is 0 Å². The van der Waals surface area contributed by atoms with Crippen molar-refractivity contribution in [1.29, 1.82) is 0 Å². The Morgan fingerprint density at radius 2 is 2.00 bits per heavy atom. The van der Waals surface area contributed by atoms with Gasteiger partial charge in [-0.05, 0) is 31.2 Å². The molecule has 0 amide bonds. The first-order valence-corrected chi connectivity index (χ1v) is 4.79. The summed E-state index contributed by atoms with van der Waals surface area (Å²) in [4.78, 5) is 2.57. The molecule has 1 saturated carbocycles. The van der Waals surface area contributed by atoms with E-state index in [1.807, 2.05) is 0 Å². The van der Waals surface area contributed by atoms with Crippen LogP contribution in [0, 0.1) is 11.8 Å². The van der Waals surface area contributed by atoms with E-state index in [-0.39, 0.29) is 0 Å². The molecule has 0 aromatic heterocycles. The number of nitrogens with zero attached hydrogens (tertiary/aromatic N) is 1. The summed E-state index contributed by atoms with van der Waals surface area (Å²) in [7, 11) is 0. The van der Waals surface area contributed by atoms with Gasteiger partial charge in [-0.15, -0.1) is 0 Å². The highest BCUT2D eigenvalue weighted by Gasteiger charge is 2.43. The van der Waals surface area contributed by atoms with Crippen molar-refractivity contribution < 1.29 is 0 Å². The van der Waals surface area contributed by atoms with Crippen LogP contribution in [0.25, 0.3) is 0 Å². The van der Waals surface area contributed by atoms with Gasteiger partial charge in [0.05, 0.1) is 0 Å². The Kier molecular flexibility index (Phi) is 1.90. The summed E-state index contributed by atoms with van der Waals surface area (Å²) in [5, 5.41) is 0. The highest BCUT2D eigenvalue weighted by Crippen LogP contribution is 2.38. The van der Waals surface area contributed by atoms with Crippen LogP contribution in [0.1, 0.15) is 19.8 Å². The van der Waals surface area contributed by atoms with Crippen LogP contribution in [0.5, 0.6) is 0 Å². The second-order valence-electron chi connectivity index (χ2n) is 4.09. The molecular formula is C9H18N2. The topological polar surface area (TPSA) is 29.3 Å². The average Bonchev–Trinajstić information content (AvgIpc) is 2.05. The molecule has 2 bridgehead atoms. The molecule has 2 heteroatoms. The summed E-state index contributed by atoms with van der Waals surface area (Å²) < 4.78 is 0. The van der Waals surface area contributed by atoms with E-state index in [1.165, 1.54) is 32.5 Å². The molecule has 2 unspecified atom stereocenters. The van der Waals surface area contributed by atoms with Crippen LogP contribution in [-0.2, 0) is 0 Å². The molecule has 1 aliphatic carbocycles. The summed E-state index contributed by atoms with van der Waals surface area (Å²) in [5.41, 5.74) is 5.96. The lowest BCUT2D eigenvalue weighted by Gasteiger charge is -2.52. The maximum Gasteiger partial charge on any atom is 0.0120 e. The highest BCUT2D eigenvalue weighted by atomic mass is 15.2. The molecule has 64 valence electrons. The van der Waals surface area contributed by atoms with E-state index in [4.69, 9.17) is 5.73 Å². The van der Waals surface area contributed by atoms with Crippen LogP contribution in [0.15, 0.2) is 0 Å². The van der Waals surface area contributed by atoms with E-state index in [1.54, 1.807) is 0 Å². The van der Waals surface area contributed by atoms with Crippen LogP contribution in [0.3, 0.4) is 0 Å². The molecule has 2 heterocycles. The lowest BCUT2D eigenvalue weighted by atomic mass is 9.67. The van der Waals surface area contributed by atoms with Crippen molar-refractivity contribution in [3.05, 3.63) is 0 Å². The Bertz CT molecular complexity index is 134. The normalized spacial score (nSPS) is 43.6. The standard InChI is InChI=1S/C9H18N2/c1-2-3-11-5-7-4-8(6-11)9(7)10/h7-9H,2-6,10H2,1H3. The molecule has 0 aromatic rings. The third-order valence-corrected chi connectivity index (χ3v) is 3.22. The molecule has 11 heavy (non-hydrogen) atoms. The zero-order valence-corrected chi connectivity index (χ0v) is 7.29. The monoisotopic (exact) mass is 154 g/mol. The minimum Gasteiger partial charge on any atom is -0.327 e. The fraction of sp³-hybridized carbons (Fsp3) is 1.00. The fourth-order valence-corrected chi connectivity index (χ4v) is 2.52. The molecule has 3 rings (SSSR count). The second kappa shape index (κ2) is 2.76. The van der Waals surface area contributed by atoms with E-state index >= 15 is 0 Å². The zero-order valence-electron chi connectivity index (χ0n) is 7.29. The lowest BCUT2D eigenvalue weighted by molar-refractivity contribution is 0.00309. The summed E-state index contributed by atoms with van der Waals surface area (Å²) in [6, 6.07) is 0.545. The van der Waals surface area contributed by atoms with Gasteiger partial charge in [0.1, 0.15) is 0 Å². The van der Waals surface area contributed by atoms with E-state index < -0.39 is 0 Å². The van der Waals surface area contributed by atoms with Gasteiger partial charge in [-0.1, -0.05) is 6.92 Å². The van der Waals surface area contributed by atoms with Crippen molar-refractivity contribution in [3.8, 4) is 0 Å². The van der Waals surface area contributed by atoms with E-state index in [0.717, 1.165) is 11.8 Å². The highest BCUT2D eigenvalue weighted by molar-refractivity contribution is 4.99. The zero-order chi connectivity index (χ0) is 7.84. The van der Waals surface area contributed by atoms with E-state index in [2.05, 4.69) is 11.8 Å². The Balaban J connectivity index is 1.84. The first-order valence-electron chi connectivity index (χ1n) is 4.79. The predicted molar refractivity (Wildman–Crippen MR) is 46.3 cm³/mol. The Labute approximate surface area is 68.7 Å². The van der Waals surface area contributed by atoms with Crippen molar-refractivity contribution in [3.63, 3.8) is 0 Å². The van der Waals surface area contributed by atoms with Crippen LogP contribution in [-0.4, -0.2) is 30.6 Å². The Hall–Kier alpha value is -0.0800. The Morgan fingerprint density at radius 1 is 1.36 bits per heavy atom. The third kappa shape index (κ3) is 1.18. The van der Waals surface area contributed by atoms with Crippen LogP contribution in [0.2, 0.25) is 0 Å². The first-order chi connectivity index (χ1) is 5.31. The molecule has 0 aromatic carbocycles. The van der Waals surface area contributed by atoms with Gasteiger partial charge in [0.15, 0.2) is 0 Å². The number of nitrogens with two attached hydrogens (primary N) is 1. The molecule has 2 N–H and O–H groups in total. The smallest absolute Gasteiger partial charge is 0.0120 e. The van der Waals surface area contributed by atoms with E-state index in [0.29, 0.717) is 6.04 Å². The average molecular weight is 154 g/mol. The van der Waals surface area contributed by atoms with E-state index in [9.17, 15) is 0 Å². The molecule has 2 saturated heterocycles. The number of fused-ring (bicyclic) bond motifs is 2. The molecule has 0 spiro atoms. The van der Waals surface area contributed by atoms with Crippen molar-refractivity contribution in [2.24, 2.45) is 17.6 Å². The molecule has 0 radical (unpaired) electrons. The molecule has 3 aliphatic rings. The van der Waals surface area contributed by atoms with Crippen molar-refractivity contribution in [2.45, 2.75) is 25.8 Å². The first kappa shape index (κ1) is 7.56. The molecular weight excluding hydrogens is 136 g/mol. The number of hydrogen-bond acceptors (Lipinski definition) is 2. The van der Waals surface area contributed by atoms with Crippen molar-refractivity contribution in [2.75, 3.05) is 19.6 Å². The van der Waals surface area contributed by atoms with Gasteiger partial charge < -0.3 is 10.6 Å². The maximum atomic E-state index is 5.96. The van der Waals surface area contributed by atoms with Crippen LogP contribution < -0.4 is 5.73 Å². The van der Waals surface area contributed by atoms with Crippen molar-refractivity contribution >= 4 is 0 Å². The van der Waals surface area contributed by atoms with Crippen LogP contribution in [0.4, 0.5) is 0 Å². The largest absolute Gasteiger partial charge is 0.327 e. The minimum atomic E-state index is 0.545. The van der Waals surface area contributed by atoms with Gasteiger partial charge >= 0.3 is 0 Å². The molecule has 2 aliphatic heterocycles. The summed E-state index contributed by atoms with van der Waals surface area (Å²) >= 11 is 0. The Morgan fingerprint density at radius 3 is 2.45 bits per heavy atom. The van der Waals surface area contributed by atoms with Gasteiger partial charge in [0, 0.05) is 19.1 Å². The van der Waals surface area contributed by atoms with Gasteiger partial charge in [-0.2, -0.15) is 0 Å². The number of rotatable bonds is 2. The molecule has 3 fully saturated rings. The summed E-state index contributed by atoms with van der Waals surface area (Å²) in [5.74, 6) is 1.67. The SMILES string of the molecule is CCCN1CC2CC(C1)C2N. The van der Waals surface area contributed by atoms with Crippen LogP contribution >= 0.6 is 0 Å². The van der Waals surface area contributed by atoms with Gasteiger partial charge in [0.2, 0.25) is 0 Å². The third-order valence-electron chi connectivity index (χ3n) is 3.22. The number of piperidine rings is 2. The maximum absolute atomic E-state index is 5.96. The predicted octanol–water partition coefficient (Wildman–Crippen LogP) is 0.675.